The lowest BCUT2D eigenvalue weighted by Crippen LogP contribution is -2.39. The molecule has 6 heteroatoms. The number of carboxylic acid groups (broad SMARTS) is 1. The van der Waals surface area contributed by atoms with Gasteiger partial charge in [0.05, 0.1) is 18.1 Å². The lowest BCUT2D eigenvalue weighted by atomic mass is 9.82. The lowest BCUT2D eigenvalue weighted by molar-refractivity contribution is -0.145. The predicted octanol–water partition coefficient (Wildman–Crippen LogP) is 1.93. The van der Waals surface area contributed by atoms with Gasteiger partial charge in [0.25, 0.3) is 0 Å². The van der Waals surface area contributed by atoms with Crippen LogP contribution in [0.1, 0.15) is 0 Å². The Morgan fingerprint density at radius 3 is 2.30 bits per heavy atom. The van der Waals surface area contributed by atoms with Crippen molar-refractivity contribution in [2.24, 2.45) is 11.8 Å². The number of carbonyl (C=O) groups is 2. The molecule has 1 aromatic carbocycles. The molecule has 1 amide bonds. The van der Waals surface area contributed by atoms with E-state index in [1.165, 1.54) is 0 Å². The molecule has 2 N–H and O–H groups in total. The summed E-state index contributed by atoms with van der Waals surface area (Å²) in [5.74, 6) is -2.91. The van der Waals surface area contributed by atoms with Gasteiger partial charge in [-0.15, -0.1) is 0 Å². The number of anilines is 1. The number of rotatable bonds is 3. The van der Waals surface area contributed by atoms with Gasteiger partial charge in [-0.25, -0.2) is 0 Å². The minimum atomic E-state index is -1.02. The number of aliphatic carboxylic acids is 1. The maximum atomic E-state index is 12.3. The molecule has 104 valence electrons. The highest BCUT2D eigenvalue weighted by molar-refractivity contribution is 6.30. The monoisotopic (exact) mass is 293 g/mol. The maximum absolute atomic E-state index is 12.3. The lowest BCUT2D eigenvalue weighted by Gasteiger charge is -2.20. The molecule has 0 radical (unpaired) electrons. The summed E-state index contributed by atoms with van der Waals surface area (Å²) in [6, 6.07) is 6.64. The molecular formula is C14H12ClNO4. The van der Waals surface area contributed by atoms with E-state index in [0.29, 0.717) is 10.7 Å². The number of benzene rings is 1. The molecule has 1 saturated heterocycles. The number of hydrogen-bond donors (Lipinski definition) is 2. The second-order valence-corrected chi connectivity index (χ2v) is 5.27. The van der Waals surface area contributed by atoms with Gasteiger partial charge < -0.3 is 15.2 Å². The van der Waals surface area contributed by atoms with Crippen molar-refractivity contribution >= 4 is 29.2 Å². The van der Waals surface area contributed by atoms with Crippen LogP contribution in [0.15, 0.2) is 36.4 Å². The van der Waals surface area contributed by atoms with Gasteiger partial charge in [0.15, 0.2) is 0 Å². The average Bonchev–Trinajstić information content (AvgIpc) is 3.01. The van der Waals surface area contributed by atoms with Crippen molar-refractivity contribution in [1.29, 1.82) is 0 Å². The zero-order chi connectivity index (χ0) is 14.3. The Hall–Kier alpha value is -1.85. The van der Waals surface area contributed by atoms with Crippen LogP contribution in [0.4, 0.5) is 5.69 Å². The molecular weight excluding hydrogens is 282 g/mol. The molecule has 2 bridgehead atoms. The second kappa shape index (κ2) is 4.92. The van der Waals surface area contributed by atoms with Crippen LogP contribution in [0.5, 0.6) is 0 Å². The van der Waals surface area contributed by atoms with Crippen molar-refractivity contribution in [2.75, 3.05) is 5.32 Å². The molecule has 1 fully saturated rings. The molecule has 0 aromatic heterocycles. The van der Waals surface area contributed by atoms with E-state index in [4.69, 9.17) is 16.3 Å². The van der Waals surface area contributed by atoms with E-state index in [9.17, 15) is 14.7 Å². The van der Waals surface area contributed by atoms with E-state index in [0.717, 1.165) is 0 Å². The summed E-state index contributed by atoms with van der Waals surface area (Å²) >= 11 is 5.77. The smallest absolute Gasteiger partial charge is 0.310 e. The fourth-order valence-corrected chi connectivity index (χ4v) is 2.80. The number of halogens is 1. The molecule has 4 atom stereocenters. The van der Waals surface area contributed by atoms with Crippen molar-refractivity contribution in [3.8, 4) is 0 Å². The number of carbonyl (C=O) groups excluding carboxylic acids is 1. The first-order chi connectivity index (χ1) is 9.56. The molecule has 0 unspecified atom stereocenters. The highest BCUT2D eigenvalue weighted by Crippen LogP contribution is 2.39. The quantitative estimate of drug-likeness (QED) is 0.835. The molecule has 2 aliphatic heterocycles. The predicted molar refractivity (Wildman–Crippen MR) is 72.5 cm³/mol. The van der Waals surface area contributed by atoms with E-state index < -0.39 is 30.0 Å². The van der Waals surface area contributed by atoms with Gasteiger partial charge in [0.1, 0.15) is 5.92 Å². The van der Waals surface area contributed by atoms with Crippen molar-refractivity contribution in [3.63, 3.8) is 0 Å². The third-order valence-electron chi connectivity index (χ3n) is 3.60. The Bertz CT molecular complexity index is 583. The highest BCUT2D eigenvalue weighted by Gasteiger charge is 2.53. The zero-order valence-electron chi connectivity index (χ0n) is 10.3. The topological polar surface area (TPSA) is 75.6 Å². The Labute approximate surface area is 120 Å². The molecule has 1 aromatic rings. The number of carboxylic acids is 1. The van der Waals surface area contributed by atoms with E-state index in [2.05, 4.69) is 5.32 Å². The highest BCUT2D eigenvalue weighted by atomic mass is 35.5. The first-order valence-corrected chi connectivity index (χ1v) is 6.57. The van der Waals surface area contributed by atoms with Gasteiger partial charge in [-0.05, 0) is 24.3 Å². The van der Waals surface area contributed by atoms with Gasteiger partial charge in [0.2, 0.25) is 5.91 Å². The Balaban J connectivity index is 1.78. The van der Waals surface area contributed by atoms with Crippen molar-refractivity contribution in [1.82, 2.24) is 0 Å². The van der Waals surface area contributed by atoms with Crippen LogP contribution in [0.25, 0.3) is 0 Å². The standard InChI is InChI=1S/C14H12ClNO4/c15-7-1-3-8(4-2-7)16-13(17)11-9-5-6-10(20-9)12(11)14(18)19/h1-6,9-12H,(H,16,17)(H,18,19)/t9-,10-,11-,12-/m1/s1. The fraction of sp³-hybridized carbons (Fsp3) is 0.286. The van der Waals surface area contributed by atoms with Gasteiger partial charge >= 0.3 is 5.97 Å². The molecule has 3 rings (SSSR count). The summed E-state index contributed by atoms with van der Waals surface area (Å²) in [5, 5.41) is 12.5. The van der Waals surface area contributed by atoms with Crippen LogP contribution in [-0.2, 0) is 14.3 Å². The number of amides is 1. The Morgan fingerprint density at radius 2 is 1.70 bits per heavy atom. The van der Waals surface area contributed by atoms with E-state index >= 15 is 0 Å². The number of ether oxygens (including phenoxy) is 1. The Kier molecular flexibility index (Phi) is 3.23. The van der Waals surface area contributed by atoms with Gasteiger partial charge in [-0.1, -0.05) is 23.8 Å². The third-order valence-corrected chi connectivity index (χ3v) is 3.85. The van der Waals surface area contributed by atoms with Gasteiger partial charge in [0, 0.05) is 10.7 Å². The van der Waals surface area contributed by atoms with Crippen LogP contribution in [0.2, 0.25) is 5.02 Å². The molecule has 0 aliphatic carbocycles. The summed E-state index contributed by atoms with van der Waals surface area (Å²) < 4.78 is 5.46. The summed E-state index contributed by atoms with van der Waals surface area (Å²) in [5.41, 5.74) is 0.579. The van der Waals surface area contributed by atoms with E-state index in [1.807, 2.05) is 0 Å². The van der Waals surface area contributed by atoms with E-state index in [-0.39, 0.29) is 5.91 Å². The maximum Gasteiger partial charge on any atom is 0.310 e. The Morgan fingerprint density at radius 1 is 1.10 bits per heavy atom. The van der Waals surface area contributed by atoms with Gasteiger partial charge in [-0.3, -0.25) is 9.59 Å². The zero-order valence-corrected chi connectivity index (χ0v) is 11.1. The van der Waals surface area contributed by atoms with Crippen molar-refractivity contribution in [3.05, 3.63) is 41.4 Å². The first-order valence-electron chi connectivity index (χ1n) is 6.19. The minimum absolute atomic E-state index is 0.350. The molecule has 0 saturated carbocycles. The largest absolute Gasteiger partial charge is 0.481 e. The molecule has 5 nitrogen and oxygen atoms in total. The second-order valence-electron chi connectivity index (χ2n) is 4.84. The van der Waals surface area contributed by atoms with Crippen LogP contribution < -0.4 is 5.32 Å². The summed E-state index contributed by atoms with van der Waals surface area (Å²) in [6.07, 6.45) is 2.47. The minimum Gasteiger partial charge on any atom is -0.481 e. The number of nitrogens with one attached hydrogen (secondary N) is 1. The normalized spacial score (nSPS) is 30.4. The summed E-state index contributed by atoms with van der Waals surface area (Å²) in [6.45, 7) is 0. The van der Waals surface area contributed by atoms with Crippen LogP contribution in [-0.4, -0.2) is 29.2 Å². The molecule has 2 aliphatic rings. The molecule has 2 heterocycles. The number of hydrogen-bond acceptors (Lipinski definition) is 3. The van der Waals surface area contributed by atoms with Crippen LogP contribution in [0, 0.1) is 11.8 Å². The van der Waals surface area contributed by atoms with Crippen LogP contribution >= 0.6 is 11.6 Å². The van der Waals surface area contributed by atoms with E-state index in [1.54, 1.807) is 36.4 Å². The molecule has 0 spiro atoms. The summed E-state index contributed by atoms with van der Waals surface area (Å²) in [7, 11) is 0. The third kappa shape index (κ3) is 2.19. The SMILES string of the molecule is O=C(O)[C@H]1[C@H](C(=O)Nc2ccc(Cl)cc2)[C@H]2C=C[C@H]1O2. The van der Waals surface area contributed by atoms with Crippen molar-refractivity contribution in [2.45, 2.75) is 12.2 Å². The van der Waals surface area contributed by atoms with Crippen LogP contribution in [0.3, 0.4) is 0 Å². The fourth-order valence-electron chi connectivity index (χ4n) is 2.67. The average molecular weight is 294 g/mol. The van der Waals surface area contributed by atoms with Gasteiger partial charge in [-0.2, -0.15) is 0 Å². The van der Waals surface area contributed by atoms with Crippen molar-refractivity contribution < 1.29 is 19.4 Å². The summed E-state index contributed by atoms with van der Waals surface area (Å²) in [4.78, 5) is 23.6. The number of fused-ring (bicyclic) bond motifs is 2. The molecule has 20 heavy (non-hydrogen) atoms. The first kappa shape index (κ1) is 13.1.